The average molecular weight is 749 g/mol. The lowest BCUT2D eigenvalue weighted by Gasteiger charge is -2.69. The number of carboxylic acids is 1. The molecule has 7 aliphatic rings. The third-order valence-corrected chi connectivity index (χ3v) is 16.2. The molecule has 53 heavy (non-hydrogen) atoms. The first kappa shape index (κ1) is 39.8. The Morgan fingerprint density at radius 1 is 0.830 bits per heavy atom. The SMILES string of the molecule is CC1(C)CC[C@]2(C(=O)O)CC[C@]3(C)C(=C2C1)C=C[C@@H]1[C@@]2(C)CC[C@H](O[C@@H]4OC[C@@H](O)[C@H](O)[C@H]4O[C@@H]4O[C@H](CO)[C@@H](O)[C@H](O)[C@H]4O)C(C)(C)[C@@H]2CC[C@]13C. The van der Waals surface area contributed by atoms with Crippen LogP contribution in [-0.4, -0.2) is 116 Å². The summed E-state index contributed by atoms with van der Waals surface area (Å²) in [6.45, 7) is 15.5. The molecule has 0 unspecified atom stereocenters. The highest BCUT2D eigenvalue weighted by molar-refractivity contribution is 5.80. The van der Waals surface area contributed by atoms with Crippen LogP contribution in [0.4, 0.5) is 0 Å². The van der Waals surface area contributed by atoms with E-state index in [1.165, 1.54) is 5.57 Å². The van der Waals surface area contributed by atoms with Crippen LogP contribution in [0.1, 0.15) is 106 Å². The number of carboxylic acid groups (broad SMARTS) is 1. The fourth-order valence-corrected chi connectivity index (χ4v) is 12.7. The number of fused-ring (bicyclic) bond motifs is 6. The molecule has 7 rings (SSSR count). The molecule has 0 bridgehead atoms. The number of aliphatic carboxylic acids is 1. The van der Waals surface area contributed by atoms with Crippen LogP contribution in [0.3, 0.4) is 0 Å². The molecular weight excluding hydrogens is 684 g/mol. The molecule has 5 aliphatic carbocycles. The summed E-state index contributed by atoms with van der Waals surface area (Å²) in [5.41, 5.74) is 1.08. The lowest BCUT2D eigenvalue weighted by Crippen LogP contribution is -2.65. The van der Waals surface area contributed by atoms with Crippen molar-refractivity contribution >= 4 is 5.97 Å². The van der Waals surface area contributed by atoms with E-state index < -0.39 is 73.3 Å². The van der Waals surface area contributed by atoms with E-state index in [-0.39, 0.29) is 51.6 Å². The quantitative estimate of drug-likeness (QED) is 0.196. The zero-order valence-electron chi connectivity index (χ0n) is 32.5. The van der Waals surface area contributed by atoms with Crippen molar-refractivity contribution in [3.05, 3.63) is 23.3 Å². The summed E-state index contributed by atoms with van der Waals surface area (Å²) in [6, 6.07) is 0. The topological polar surface area (TPSA) is 196 Å². The van der Waals surface area contributed by atoms with Gasteiger partial charge < -0.3 is 54.7 Å². The first-order valence-electron chi connectivity index (χ1n) is 19.9. The van der Waals surface area contributed by atoms with E-state index in [9.17, 15) is 40.5 Å². The Bertz CT molecular complexity index is 1490. The third kappa shape index (κ3) is 5.86. The summed E-state index contributed by atoms with van der Waals surface area (Å²) in [5.74, 6) is -0.144. The fraction of sp³-hybridized carbons (Fsp3) is 0.878. The summed E-state index contributed by atoms with van der Waals surface area (Å²) in [4.78, 5) is 13.0. The molecule has 0 amide bonds. The molecule has 5 fully saturated rings. The molecule has 12 nitrogen and oxygen atoms in total. The molecule has 2 aliphatic heterocycles. The van der Waals surface area contributed by atoms with Gasteiger partial charge >= 0.3 is 5.97 Å². The van der Waals surface area contributed by atoms with Crippen molar-refractivity contribution in [1.82, 2.24) is 0 Å². The van der Waals surface area contributed by atoms with E-state index in [0.29, 0.717) is 19.3 Å². The van der Waals surface area contributed by atoms with Crippen LogP contribution in [-0.2, 0) is 23.7 Å². The van der Waals surface area contributed by atoms with Crippen LogP contribution in [0.15, 0.2) is 23.3 Å². The number of ether oxygens (including phenoxy) is 4. The molecule has 16 atom stereocenters. The lowest BCUT2D eigenvalue weighted by molar-refractivity contribution is -0.367. The fourth-order valence-electron chi connectivity index (χ4n) is 12.7. The van der Waals surface area contributed by atoms with E-state index in [0.717, 1.165) is 44.1 Å². The van der Waals surface area contributed by atoms with E-state index in [1.54, 1.807) is 0 Å². The second-order valence-electron chi connectivity index (χ2n) is 19.8. The van der Waals surface area contributed by atoms with Crippen LogP contribution in [0.25, 0.3) is 0 Å². The third-order valence-electron chi connectivity index (χ3n) is 16.2. The van der Waals surface area contributed by atoms with Crippen molar-refractivity contribution in [2.45, 2.75) is 168 Å². The van der Waals surface area contributed by atoms with Crippen LogP contribution in [0, 0.1) is 44.3 Å². The number of carbonyl (C=O) groups is 1. The number of aliphatic hydroxyl groups excluding tert-OH is 6. The predicted octanol–water partition coefficient (Wildman–Crippen LogP) is 3.44. The largest absolute Gasteiger partial charge is 0.481 e. The molecule has 2 heterocycles. The van der Waals surface area contributed by atoms with Crippen LogP contribution in [0.2, 0.25) is 0 Å². The normalized spacial score (nSPS) is 51.8. The van der Waals surface area contributed by atoms with E-state index >= 15 is 0 Å². The number of aliphatic hydroxyl groups is 6. The Labute approximate surface area is 313 Å². The van der Waals surface area contributed by atoms with Crippen molar-refractivity contribution in [2.24, 2.45) is 44.3 Å². The monoisotopic (exact) mass is 748 g/mol. The molecule has 3 saturated carbocycles. The Morgan fingerprint density at radius 3 is 2.21 bits per heavy atom. The molecule has 0 radical (unpaired) electrons. The summed E-state index contributed by atoms with van der Waals surface area (Å²) in [6.07, 6.45) is -0.946. The number of hydrogen-bond acceptors (Lipinski definition) is 11. The average Bonchev–Trinajstić information content (AvgIpc) is 3.08. The Hall–Kier alpha value is -1.45. The number of rotatable bonds is 6. The van der Waals surface area contributed by atoms with E-state index in [1.807, 2.05) is 0 Å². The lowest BCUT2D eigenvalue weighted by atomic mass is 9.35. The minimum Gasteiger partial charge on any atom is -0.481 e. The summed E-state index contributed by atoms with van der Waals surface area (Å²) in [5, 5.41) is 73.3. The zero-order valence-corrected chi connectivity index (χ0v) is 32.5. The van der Waals surface area contributed by atoms with Crippen molar-refractivity contribution in [3.8, 4) is 0 Å². The molecule has 7 N–H and O–H groups in total. The molecule has 0 aromatic heterocycles. The van der Waals surface area contributed by atoms with Crippen LogP contribution >= 0.6 is 0 Å². The predicted molar refractivity (Wildman–Crippen MR) is 192 cm³/mol. The Morgan fingerprint density at radius 2 is 1.53 bits per heavy atom. The molecule has 12 heteroatoms. The van der Waals surface area contributed by atoms with Gasteiger partial charge in [0.05, 0.1) is 24.7 Å². The molecule has 300 valence electrons. The van der Waals surface area contributed by atoms with Crippen molar-refractivity contribution in [1.29, 1.82) is 0 Å². The summed E-state index contributed by atoms with van der Waals surface area (Å²) in [7, 11) is 0. The van der Waals surface area contributed by atoms with E-state index in [4.69, 9.17) is 18.9 Å². The molecule has 2 saturated heterocycles. The minimum absolute atomic E-state index is 0.0617. The molecular formula is C41H64O12. The zero-order chi connectivity index (χ0) is 38.7. The Balaban J connectivity index is 1.15. The van der Waals surface area contributed by atoms with Gasteiger partial charge in [0.25, 0.3) is 0 Å². The molecule has 0 aromatic rings. The standard InChI is InChI=1S/C41H64O12/c1-36(2)14-16-41(35(48)49)17-15-39(6)21(22(41)18-36)8-9-26-38(5)12-11-27(37(3,4)25(38)10-13-40(26,39)7)52-34-32(28(44)23(43)20-50-34)53-33-31(47)30(46)29(45)24(19-42)51-33/h8-9,23-34,42-47H,10-20H2,1-7H3,(H,48,49)/t23-,24-,25+,26-,27+,28+,29-,30+,31-,32-,33+,34+,38+,39-,40-,41+/m1/s1. The highest BCUT2D eigenvalue weighted by Crippen LogP contribution is 2.74. The highest BCUT2D eigenvalue weighted by atomic mass is 16.8. The van der Waals surface area contributed by atoms with Crippen molar-refractivity contribution in [3.63, 3.8) is 0 Å². The second-order valence-corrected chi connectivity index (χ2v) is 19.8. The minimum atomic E-state index is -1.70. The highest BCUT2D eigenvalue weighted by Gasteiger charge is 2.68. The Kier molecular flexibility index (Phi) is 9.99. The van der Waals surface area contributed by atoms with Gasteiger partial charge in [-0.05, 0) is 108 Å². The first-order chi connectivity index (χ1) is 24.7. The smallest absolute Gasteiger partial charge is 0.313 e. The second kappa shape index (κ2) is 13.3. The molecule has 0 aromatic carbocycles. The van der Waals surface area contributed by atoms with Gasteiger partial charge in [-0.25, -0.2) is 0 Å². The summed E-state index contributed by atoms with van der Waals surface area (Å²) < 4.78 is 24.2. The van der Waals surface area contributed by atoms with Crippen LogP contribution in [0.5, 0.6) is 0 Å². The van der Waals surface area contributed by atoms with Gasteiger partial charge in [-0.2, -0.15) is 0 Å². The maximum Gasteiger partial charge on any atom is 0.313 e. The van der Waals surface area contributed by atoms with Gasteiger partial charge in [0.15, 0.2) is 12.6 Å². The van der Waals surface area contributed by atoms with Gasteiger partial charge in [-0.1, -0.05) is 60.6 Å². The van der Waals surface area contributed by atoms with Gasteiger partial charge in [0.2, 0.25) is 0 Å². The van der Waals surface area contributed by atoms with E-state index in [2.05, 4.69) is 60.6 Å². The number of hydrogen-bond donors (Lipinski definition) is 7. The molecule has 0 spiro atoms. The number of allylic oxidation sites excluding steroid dienone is 3. The van der Waals surface area contributed by atoms with Crippen molar-refractivity contribution in [2.75, 3.05) is 13.2 Å². The maximum atomic E-state index is 13.0. The van der Waals surface area contributed by atoms with Crippen LogP contribution < -0.4 is 0 Å². The van der Waals surface area contributed by atoms with Gasteiger partial charge in [0.1, 0.15) is 42.7 Å². The summed E-state index contributed by atoms with van der Waals surface area (Å²) >= 11 is 0. The first-order valence-corrected chi connectivity index (χ1v) is 19.9. The van der Waals surface area contributed by atoms with Gasteiger partial charge in [-0.15, -0.1) is 0 Å². The van der Waals surface area contributed by atoms with Gasteiger partial charge in [-0.3, -0.25) is 4.79 Å². The van der Waals surface area contributed by atoms with Gasteiger partial charge in [0, 0.05) is 0 Å². The maximum absolute atomic E-state index is 13.0. The van der Waals surface area contributed by atoms with Crippen molar-refractivity contribution < 1.29 is 59.5 Å².